The lowest BCUT2D eigenvalue weighted by Crippen LogP contribution is -2.70. The van der Waals surface area contributed by atoms with Gasteiger partial charge in [-0.1, -0.05) is 327 Å². The number of amides is 2. The number of nitrogens with one attached hydrogen (secondary N) is 2. The molecule has 0 aromatic rings. The molecule has 109 heavy (non-hydrogen) atoms. The van der Waals surface area contributed by atoms with Crippen LogP contribution in [0.4, 0.5) is 0 Å². The van der Waals surface area contributed by atoms with Gasteiger partial charge in [-0.3, -0.25) is 9.59 Å². The lowest BCUT2D eigenvalue weighted by Gasteiger charge is -2.50. The van der Waals surface area contributed by atoms with E-state index in [0.717, 1.165) is 51.9 Å². The Labute approximate surface area is 657 Å². The average molecular weight is 1560 g/mol. The maximum absolute atomic E-state index is 13.6. The van der Waals surface area contributed by atoms with Crippen molar-refractivity contribution in [2.45, 2.75) is 477 Å². The molecule has 2 amide bonds. The average Bonchev–Trinajstić information content (AvgIpc) is 0.754. The summed E-state index contributed by atoms with van der Waals surface area (Å²) in [6.45, 7) is 2.21. The number of carbonyl (C=O) groups excluding carboxylic acids is 2. The monoisotopic (exact) mass is 1560 g/mol. The maximum Gasteiger partial charge on any atom is 0.364 e. The smallest absolute Gasteiger partial charge is 0.364 e. The van der Waals surface area contributed by atoms with E-state index in [4.69, 9.17) is 28.4 Å². The Morgan fingerprint density at radius 3 is 1.25 bits per heavy atom. The highest BCUT2D eigenvalue weighted by Crippen LogP contribution is 2.39. The number of carboxylic acid groups (broad SMARTS) is 1. The molecule has 23 nitrogen and oxygen atoms in total. The number of unbranched alkanes of at least 4 members (excludes halogenated alkanes) is 49. The van der Waals surface area contributed by atoms with E-state index in [1.54, 1.807) is 6.08 Å². The van der Waals surface area contributed by atoms with Crippen LogP contribution in [-0.2, 0) is 42.8 Å². The zero-order chi connectivity index (χ0) is 79.5. The minimum absolute atomic E-state index is 0.203. The van der Waals surface area contributed by atoms with Crippen molar-refractivity contribution in [1.82, 2.24) is 10.6 Å². The van der Waals surface area contributed by atoms with Gasteiger partial charge in [-0.2, -0.15) is 0 Å². The third-order valence-corrected chi connectivity index (χ3v) is 22.4. The lowest BCUT2D eigenvalue weighted by molar-refractivity contribution is -0.386. The fourth-order valence-corrected chi connectivity index (χ4v) is 15.4. The maximum atomic E-state index is 13.6. The third-order valence-electron chi connectivity index (χ3n) is 22.4. The van der Waals surface area contributed by atoms with Crippen molar-refractivity contribution in [2.24, 2.45) is 0 Å². The minimum atomic E-state index is -3.08. The molecular weight excluding hydrogens is 1400 g/mol. The standard InChI is InChI=1S/C86H160N2O21/c1-4-6-8-10-12-14-16-18-20-22-24-26-28-29-30-31-32-33-34-35-36-38-40-42-44-46-48-50-52-54-56-58-60-73(96)88-67(68(93)59-57-55-53-51-49-47-45-43-41-39-37-27-25-23-21-19-17-15-13-11-9-7-5-2)65-104-83-78(100)77(99)80(72(64-91)106-83)107-84-79(101)82(76(98)71(63-90)105-84)109-86(85(102)103)61-69(94)74(87-66(3)92)81(108-86)75(97)70(95)62-89/h29-30,57,59,67-72,74-84,89-91,93-95,97-101H,4-28,31-56,58,60-65H2,1-3H3,(H,87,92)(H,88,96)(H,102,103)/b30-29-,59-57+. The predicted molar refractivity (Wildman–Crippen MR) is 426 cm³/mol. The van der Waals surface area contributed by atoms with Crippen LogP contribution in [-0.4, -0.2) is 215 Å². The molecule has 3 aliphatic rings. The van der Waals surface area contributed by atoms with Crippen LogP contribution >= 0.6 is 0 Å². The number of hydrogen-bond donors (Lipinski definition) is 14. The Balaban J connectivity index is 1.46. The van der Waals surface area contributed by atoms with Crippen molar-refractivity contribution in [2.75, 3.05) is 26.4 Å². The number of aliphatic hydroxyl groups is 11. The van der Waals surface area contributed by atoms with Gasteiger partial charge < -0.3 is 100 Å². The van der Waals surface area contributed by atoms with E-state index in [2.05, 4.69) is 36.6 Å². The van der Waals surface area contributed by atoms with Crippen LogP contribution in [0.1, 0.15) is 367 Å². The third kappa shape index (κ3) is 43.7. The second kappa shape index (κ2) is 64.4. The quantitative estimate of drug-likeness (QED) is 0.0199. The van der Waals surface area contributed by atoms with Crippen LogP contribution in [0.15, 0.2) is 24.3 Å². The van der Waals surface area contributed by atoms with E-state index >= 15 is 0 Å². The Morgan fingerprint density at radius 2 is 0.862 bits per heavy atom. The summed E-state index contributed by atoms with van der Waals surface area (Å²) in [5, 5.41) is 137. The molecule has 0 aliphatic carbocycles. The molecule has 3 aliphatic heterocycles. The van der Waals surface area contributed by atoms with Crippen LogP contribution in [0.2, 0.25) is 0 Å². The second-order valence-corrected chi connectivity index (χ2v) is 32.1. The molecule has 3 heterocycles. The van der Waals surface area contributed by atoms with Crippen LogP contribution in [0.3, 0.4) is 0 Å². The fraction of sp³-hybridized carbons (Fsp3) is 0.919. The molecule has 18 atom stereocenters. The van der Waals surface area contributed by atoms with Gasteiger partial charge in [0.15, 0.2) is 12.6 Å². The van der Waals surface area contributed by atoms with E-state index in [0.29, 0.717) is 12.8 Å². The highest BCUT2D eigenvalue weighted by Gasteiger charge is 2.60. The van der Waals surface area contributed by atoms with Gasteiger partial charge in [-0.25, -0.2) is 4.79 Å². The van der Waals surface area contributed by atoms with Gasteiger partial charge in [0.1, 0.15) is 67.1 Å². The Kier molecular flexibility index (Phi) is 59.3. The fourth-order valence-electron chi connectivity index (χ4n) is 15.4. The number of aliphatic hydroxyl groups excluding tert-OH is 11. The summed E-state index contributed by atoms with van der Waals surface area (Å²) in [7, 11) is 0. The molecule has 3 rings (SSSR count). The molecule has 3 fully saturated rings. The summed E-state index contributed by atoms with van der Waals surface area (Å²) >= 11 is 0. The van der Waals surface area contributed by atoms with Crippen molar-refractivity contribution in [1.29, 1.82) is 0 Å². The number of ether oxygens (including phenoxy) is 6. The molecule has 3 saturated heterocycles. The molecule has 14 N–H and O–H groups in total. The molecule has 0 spiro atoms. The summed E-state index contributed by atoms with van der Waals surface area (Å²) in [6, 6.07) is -2.62. The van der Waals surface area contributed by atoms with Crippen LogP contribution < -0.4 is 10.6 Å². The highest BCUT2D eigenvalue weighted by atomic mass is 16.8. The summed E-state index contributed by atoms with van der Waals surface area (Å²) in [4.78, 5) is 38.8. The van der Waals surface area contributed by atoms with Gasteiger partial charge in [0.25, 0.3) is 5.79 Å². The van der Waals surface area contributed by atoms with E-state index < -0.39 is 155 Å². The zero-order valence-electron chi connectivity index (χ0n) is 68.2. The van der Waals surface area contributed by atoms with Crippen molar-refractivity contribution >= 4 is 17.8 Å². The van der Waals surface area contributed by atoms with E-state index in [9.17, 15) is 75.7 Å². The predicted octanol–water partition coefficient (Wildman–Crippen LogP) is 13.5. The first-order valence-corrected chi connectivity index (χ1v) is 44.2. The zero-order valence-corrected chi connectivity index (χ0v) is 68.2. The largest absolute Gasteiger partial charge is 0.477 e. The molecule has 0 saturated carbocycles. The first-order chi connectivity index (χ1) is 52.9. The summed E-state index contributed by atoms with van der Waals surface area (Å²) in [5.74, 6) is -6.13. The van der Waals surface area contributed by atoms with Crippen molar-refractivity contribution in [3.8, 4) is 0 Å². The molecule has 640 valence electrons. The van der Waals surface area contributed by atoms with Gasteiger partial charge in [-0.05, 0) is 44.9 Å². The van der Waals surface area contributed by atoms with Crippen LogP contribution in [0.5, 0.6) is 0 Å². The van der Waals surface area contributed by atoms with Crippen molar-refractivity contribution in [3.05, 3.63) is 24.3 Å². The molecule has 0 aromatic heterocycles. The van der Waals surface area contributed by atoms with Gasteiger partial charge in [-0.15, -0.1) is 0 Å². The highest BCUT2D eigenvalue weighted by molar-refractivity contribution is 5.77. The van der Waals surface area contributed by atoms with E-state index in [1.165, 1.54) is 276 Å². The molecule has 0 radical (unpaired) electrons. The lowest BCUT2D eigenvalue weighted by atomic mass is 9.88. The molecule has 18 unspecified atom stereocenters. The van der Waals surface area contributed by atoms with Crippen molar-refractivity contribution in [3.63, 3.8) is 0 Å². The minimum Gasteiger partial charge on any atom is -0.477 e. The summed E-state index contributed by atoms with van der Waals surface area (Å²) in [6.07, 6.45) is 45.1. The SMILES string of the molecule is CCCCCCCCCCCCCC/C=C\CCCCCCCCCCCCCCCCCCC(=O)NC(COC1OC(CO)C(OC2OC(CO)C(O)C(OC3(C(=O)O)CC(O)C(NC(C)=O)C(C(O)C(O)CO)O3)C2O)C(O)C1O)C(O)/C=C/CCCCCCCCCCCCCCCCCCCCCCC. The van der Waals surface area contributed by atoms with E-state index in [1.807, 2.05) is 6.08 Å². The summed E-state index contributed by atoms with van der Waals surface area (Å²) in [5.41, 5.74) is 0. The number of carboxylic acids is 1. The number of hydrogen-bond acceptors (Lipinski definition) is 20. The van der Waals surface area contributed by atoms with E-state index in [-0.39, 0.29) is 12.3 Å². The van der Waals surface area contributed by atoms with Crippen LogP contribution in [0, 0.1) is 0 Å². The Bertz CT molecular complexity index is 2250. The number of aliphatic carboxylic acids is 1. The number of carbonyl (C=O) groups is 3. The van der Waals surface area contributed by atoms with Crippen molar-refractivity contribution < 1.29 is 104 Å². The Morgan fingerprint density at radius 1 is 0.477 bits per heavy atom. The second-order valence-electron chi connectivity index (χ2n) is 32.1. The number of allylic oxidation sites excluding steroid dienone is 3. The first-order valence-electron chi connectivity index (χ1n) is 44.2. The molecule has 0 bridgehead atoms. The Hall–Kier alpha value is -2.79. The number of rotatable bonds is 71. The first kappa shape index (κ1) is 100. The molecule has 0 aromatic carbocycles. The van der Waals surface area contributed by atoms with Gasteiger partial charge >= 0.3 is 5.97 Å². The summed E-state index contributed by atoms with van der Waals surface area (Å²) < 4.78 is 35.0. The van der Waals surface area contributed by atoms with Crippen LogP contribution in [0.25, 0.3) is 0 Å². The molecular formula is C86H160N2O21. The van der Waals surface area contributed by atoms with Gasteiger partial charge in [0, 0.05) is 19.8 Å². The van der Waals surface area contributed by atoms with Gasteiger partial charge in [0.2, 0.25) is 11.8 Å². The van der Waals surface area contributed by atoms with Gasteiger partial charge in [0.05, 0.1) is 50.7 Å². The molecule has 23 heteroatoms. The topological polar surface area (TPSA) is 373 Å². The normalized spacial score (nSPS) is 25.8.